The number of β-amino-alcohol motifs (C(OH)–C–C–N with tert-alkyl or cyclic N) is 1. The van der Waals surface area contributed by atoms with Gasteiger partial charge in [0.25, 0.3) is 0 Å². The Kier molecular flexibility index (Phi) is 2.90. The molecule has 0 bridgehead atoms. The Morgan fingerprint density at radius 3 is 2.31 bits per heavy atom. The molecule has 5 nitrogen and oxygen atoms in total. The zero-order chi connectivity index (χ0) is 10.2. The van der Waals surface area contributed by atoms with Crippen molar-refractivity contribution in [3.63, 3.8) is 0 Å². The van der Waals surface area contributed by atoms with Gasteiger partial charge in [0.2, 0.25) is 5.91 Å². The average molecular weight is 189 g/mol. The Hall–Kier alpha value is -0.650. The van der Waals surface area contributed by atoms with Gasteiger partial charge in [-0.2, -0.15) is 0 Å². The Morgan fingerprint density at radius 2 is 1.85 bits per heavy atom. The van der Waals surface area contributed by atoms with Crippen molar-refractivity contribution in [2.24, 2.45) is 0 Å². The van der Waals surface area contributed by atoms with Crippen molar-refractivity contribution >= 4 is 5.91 Å². The molecule has 0 aliphatic carbocycles. The van der Waals surface area contributed by atoms with E-state index in [4.69, 9.17) is 0 Å². The minimum atomic E-state index is -1.16. The van der Waals surface area contributed by atoms with Gasteiger partial charge < -0.3 is 20.2 Å². The maximum atomic E-state index is 11.0. The van der Waals surface area contributed by atoms with Crippen LogP contribution in [0.25, 0.3) is 0 Å². The zero-order valence-corrected chi connectivity index (χ0v) is 7.71. The first kappa shape index (κ1) is 10.4. The highest BCUT2D eigenvalue weighted by atomic mass is 16.4. The first-order valence-electron chi connectivity index (χ1n) is 4.26. The Balaban J connectivity index is 2.76. The van der Waals surface area contributed by atoms with E-state index in [1.54, 1.807) is 6.92 Å². The summed E-state index contributed by atoms with van der Waals surface area (Å²) < 4.78 is 0. The summed E-state index contributed by atoms with van der Waals surface area (Å²) in [5.41, 5.74) is 0. The number of carbonyl (C=O) groups is 1. The monoisotopic (exact) mass is 189 g/mol. The van der Waals surface area contributed by atoms with E-state index in [0.29, 0.717) is 0 Å². The standard InChI is InChI=1S/C8H15NO4/c1-4-7(12)8(13)6(11)3-9(4)5(2)10/h4,6-8,11-13H,3H2,1-2H3/t4-,6+,7+,8-/m0/s1. The highest BCUT2D eigenvalue weighted by molar-refractivity contribution is 5.73. The molecule has 1 fully saturated rings. The highest BCUT2D eigenvalue weighted by Gasteiger charge is 2.39. The summed E-state index contributed by atoms with van der Waals surface area (Å²) in [6, 6.07) is -0.448. The minimum absolute atomic E-state index is 0.0781. The van der Waals surface area contributed by atoms with Crippen LogP contribution in [0, 0.1) is 0 Å². The number of nitrogens with zero attached hydrogens (tertiary/aromatic N) is 1. The largest absolute Gasteiger partial charge is 0.388 e. The molecule has 0 unspecified atom stereocenters. The number of hydrogen-bond donors (Lipinski definition) is 3. The van der Waals surface area contributed by atoms with Gasteiger partial charge in [-0.25, -0.2) is 0 Å². The Morgan fingerprint density at radius 1 is 1.31 bits per heavy atom. The van der Waals surface area contributed by atoms with Gasteiger partial charge in [-0.15, -0.1) is 0 Å². The molecule has 13 heavy (non-hydrogen) atoms. The van der Waals surface area contributed by atoms with Crippen LogP contribution >= 0.6 is 0 Å². The molecule has 0 aromatic heterocycles. The molecule has 5 heteroatoms. The zero-order valence-electron chi connectivity index (χ0n) is 7.71. The number of piperidine rings is 1. The molecular weight excluding hydrogens is 174 g/mol. The van der Waals surface area contributed by atoms with E-state index in [0.717, 1.165) is 0 Å². The first-order valence-corrected chi connectivity index (χ1v) is 4.26. The van der Waals surface area contributed by atoms with E-state index in [1.165, 1.54) is 11.8 Å². The lowest BCUT2D eigenvalue weighted by atomic mass is 9.95. The van der Waals surface area contributed by atoms with Crippen LogP contribution in [0.3, 0.4) is 0 Å². The van der Waals surface area contributed by atoms with Crippen molar-refractivity contribution in [1.82, 2.24) is 4.90 Å². The molecule has 0 radical (unpaired) electrons. The summed E-state index contributed by atoms with van der Waals surface area (Å²) in [7, 11) is 0. The van der Waals surface area contributed by atoms with E-state index >= 15 is 0 Å². The molecular formula is C8H15NO4. The van der Waals surface area contributed by atoms with Crippen molar-refractivity contribution in [3.05, 3.63) is 0 Å². The van der Waals surface area contributed by atoms with Gasteiger partial charge in [-0.1, -0.05) is 0 Å². The molecule has 1 aliphatic heterocycles. The number of aliphatic hydroxyl groups excluding tert-OH is 3. The summed E-state index contributed by atoms with van der Waals surface area (Å²) >= 11 is 0. The van der Waals surface area contributed by atoms with E-state index in [2.05, 4.69) is 0 Å². The summed E-state index contributed by atoms with van der Waals surface area (Å²) in [4.78, 5) is 12.4. The van der Waals surface area contributed by atoms with Crippen LogP contribution in [0.15, 0.2) is 0 Å². The third-order valence-electron chi connectivity index (χ3n) is 2.52. The SMILES string of the molecule is CC(=O)N1C[C@@H](O)[C@H](O)[C@H](O)[C@@H]1C. The molecule has 1 aliphatic rings. The van der Waals surface area contributed by atoms with E-state index in [-0.39, 0.29) is 12.5 Å². The van der Waals surface area contributed by atoms with Crippen molar-refractivity contribution < 1.29 is 20.1 Å². The number of rotatable bonds is 0. The smallest absolute Gasteiger partial charge is 0.219 e. The fourth-order valence-corrected chi connectivity index (χ4v) is 1.59. The molecule has 76 valence electrons. The Bertz CT molecular complexity index is 208. The van der Waals surface area contributed by atoms with Gasteiger partial charge in [0.05, 0.1) is 6.04 Å². The molecule has 0 spiro atoms. The van der Waals surface area contributed by atoms with Crippen LogP contribution in [0.2, 0.25) is 0 Å². The number of hydrogen-bond acceptors (Lipinski definition) is 4. The third kappa shape index (κ3) is 1.82. The van der Waals surface area contributed by atoms with Gasteiger partial charge in [-0.05, 0) is 6.92 Å². The third-order valence-corrected chi connectivity index (χ3v) is 2.52. The minimum Gasteiger partial charge on any atom is -0.388 e. The molecule has 0 saturated carbocycles. The molecule has 4 atom stereocenters. The van der Waals surface area contributed by atoms with Gasteiger partial charge in [0.1, 0.15) is 18.3 Å². The van der Waals surface area contributed by atoms with Crippen LogP contribution in [0.5, 0.6) is 0 Å². The second kappa shape index (κ2) is 3.61. The molecule has 1 amide bonds. The summed E-state index contributed by atoms with van der Waals surface area (Å²) in [6.07, 6.45) is -3.30. The van der Waals surface area contributed by atoms with Gasteiger partial charge in [0, 0.05) is 13.5 Å². The van der Waals surface area contributed by atoms with Gasteiger partial charge >= 0.3 is 0 Å². The summed E-state index contributed by atoms with van der Waals surface area (Å²) in [6.45, 7) is 3.09. The first-order chi connectivity index (χ1) is 5.95. The molecule has 0 aromatic carbocycles. The fourth-order valence-electron chi connectivity index (χ4n) is 1.59. The van der Waals surface area contributed by atoms with E-state index in [1.807, 2.05) is 0 Å². The quantitative estimate of drug-likeness (QED) is 0.425. The van der Waals surface area contributed by atoms with Crippen LogP contribution in [-0.4, -0.2) is 57.0 Å². The predicted octanol–water partition coefficient (Wildman–Crippen LogP) is -1.68. The van der Waals surface area contributed by atoms with Crippen LogP contribution in [-0.2, 0) is 4.79 Å². The van der Waals surface area contributed by atoms with Crippen LogP contribution in [0.1, 0.15) is 13.8 Å². The summed E-state index contributed by atoms with van der Waals surface area (Å²) in [5.74, 6) is -0.211. The molecule has 1 rings (SSSR count). The van der Waals surface area contributed by atoms with Crippen molar-refractivity contribution in [2.45, 2.75) is 38.2 Å². The average Bonchev–Trinajstić information content (AvgIpc) is 2.07. The molecule has 1 heterocycles. The number of amides is 1. The molecule has 0 aromatic rings. The number of likely N-dealkylation sites (tertiary alicyclic amines) is 1. The second-order valence-corrected chi connectivity index (χ2v) is 3.46. The number of aliphatic hydroxyl groups is 3. The number of carbonyl (C=O) groups excluding carboxylic acids is 1. The maximum Gasteiger partial charge on any atom is 0.219 e. The Labute approximate surface area is 76.6 Å². The maximum absolute atomic E-state index is 11.0. The lowest BCUT2D eigenvalue weighted by Gasteiger charge is -2.41. The van der Waals surface area contributed by atoms with Crippen LogP contribution in [0.4, 0.5) is 0 Å². The normalized spacial score (nSPS) is 40.5. The summed E-state index contributed by atoms with van der Waals surface area (Å²) in [5, 5.41) is 28.0. The van der Waals surface area contributed by atoms with Crippen molar-refractivity contribution in [1.29, 1.82) is 0 Å². The molecule has 1 saturated heterocycles. The lowest BCUT2D eigenvalue weighted by Crippen LogP contribution is -2.61. The topological polar surface area (TPSA) is 81.0 Å². The molecule has 3 N–H and O–H groups in total. The lowest BCUT2D eigenvalue weighted by molar-refractivity contribution is -0.158. The van der Waals surface area contributed by atoms with E-state index in [9.17, 15) is 20.1 Å². The predicted molar refractivity (Wildman–Crippen MR) is 44.9 cm³/mol. The van der Waals surface area contributed by atoms with Gasteiger partial charge in [0.15, 0.2) is 0 Å². The fraction of sp³-hybridized carbons (Fsp3) is 0.875. The van der Waals surface area contributed by atoms with Gasteiger partial charge in [-0.3, -0.25) is 4.79 Å². The van der Waals surface area contributed by atoms with E-state index < -0.39 is 24.4 Å². The van der Waals surface area contributed by atoms with Crippen molar-refractivity contribution in [2.75, 3.05) is 6.54 Å². The van der Waals surface area contributed by atoms with Crippen LogP contribution < -0.4 is 0 Å². The second-order valence-electron chi connectivity index (χ2n) is 3.46. The highest BCUT2D eigenvalue weighted by Crippen LogP contribution is 2.18. The van der Waals surface area contributed by atoms with Crippen molar-refractivity contribution in [3.8, 4) is 0 Å².